The van der Waals surface area contributed by atoms with Crippen LogP contribution in [0.5, 0.6) is 5.75 Å². The second-order valence-electron chi connectivity index (χ2n) is 2.46. The van der Waals surface area contributed by atoms with Gasteiger partial charge in [-0.15, -0.1) is 0 Å². The highest BCUT2D eigenvalue weighted by Gasteiger charge is 2.04. The van der Waals surface area contributed by atoms with E-state index in [9.17, 15) is 4.39 Å². The van der Waals surface area contributed by atoms with Gasteiger partial charge in [0, 0.05) is 0 Å². The first-order valence-corrected chi connectivity index (χ1v) is 4.53. The van der Waals surface area contributed by atoms with Gasteiger partial charge in [0.25, 0.3) is 0 Å². The molecular formula is C9H10BrFO. The summed E-state index contributed by atoms with van der Waals surface area (Å²) in [5.41, 5.74) is 0.599. The topological polar surface area (TPSA) is 9.23 Å². The molecule has 0 aliphatic rings. The molecule has 66 valence electrons. The maximum atomic E-state index is 12.9. The minimum Gasteiger partial charge on any atom is -0.493 e. The molecule has 0 aliphatic carbocycles. The third-order valence-corrected chi connectivity index (χ3v) is 2.13. The third-order valence-electron chi connectivity index (χ3n) is 1.51. The quantitative estimate of drug-likeness (QED) is 0.761. The highest BCUT2D eigenvalue weighted by molar-refractivity contribution is 9.10. The predicted octanol–water partition coefficient (Wildman–Crippen LogP) is 3.30. The van der Waals surface area contributed by atoms with Gasteiger partial charge in [0.2, 0.25) is 0 Å². The summed E-state index contributed by atoms with van der Waals surface area (Å²) in [5, 5.41) is 0. The average molecular weight is 233 g/mol. The lowest BCUT2D eigenvalue weighted by molar-refractivity contribution is 0.337. The molecule has 12 heavy (non-hydrogen) atoms. The van der Waals surface area contributed by atoms with Crippen LogP contribution >= 0.6 is 15.9 Å². The van der Waals surface area contributed by atoms with E-state index < -0.39 is 0 Å². The van der Waals surface area contributed by atoms with Gasteiger partial charge in [-0.1, -0.05) is 0 Å². The molecule has 0 bridgehead atoms. The summed E-state index contributed by atoms with van der Waals surface area (Å²) in [6, 6.07) is 3.10. The van der Waals surface area contributed by atoms with Crippen LogP contribution in [-0.2, 0) is 0 Å². The SMILES string of the molecule is CCOc1cc(C)c(F)cc1Br. The van der Waals surface area contributed by atoms with Gasteiger partial charge in [0.05, 0.1) is 11.1 Å². The van der Waals surface area contributed by atoms with E-state index >= 15 is 0 Å². The van der Waals surface area contributed by atoms with Crippen molar-refractivity contribution in [3.8, 4) is 5.75 Å². The molecule has 0 aromatic heterocycles. The van der Waals surface area contributed by atoms with Crippen molar-refractivity contribution in [2.24, 2.45) is 0 Å². The Morgan fingerprint density at radius 2 is 2.17 bits per heavy atom. The van der Waals surface area contributed by atoms with Crippen molar-refractivity contribution < 1.29 is 9.13 Å². The van der Waals surface area contributed by atoms with Crippen LogP contribution < -0.4 is 4.74 Å². The van der Waals surface area contributed by atoms with Crippen LogP contribution in [-0.4, -0.2) is 6.61 Å². The summed E-state index contributed by atoms with van der Waals surface area (Å²) in [6.07, 6.45) is 0. The monoisotopic (exact) mass is 232 g/mol. The number of hydrogen-bond acceptors (Lipinski definition) is 1. The van der Waals surface area contributed by atoms with Gasteiger partial charge in [-0.25, -0.2) is 4.39 Å². The molecule has 1 aromatic carbocycles. The molecule has 1 nitrogen and oxygen atoms in total. The van der Waals surface area contributed by atoms with Gasteiger partial charge in [0.15, 0.2) is 0 Å². The van der Waals surface area contributed by atoms with E-state index in [0.29, 0.717) is 22.4 Å². The third kappa shape index (κ3) is 1.97. The minimum atomic E-state index is -0.217. The molecule has 0 heterocycles. The van der Waals surface area contributed by atoms with Crippen molar-refractivity contribution in [3.05, 3.63) is 28.0 Å². The zero-order chi connectivity index (χ0) is 9.14. The summed E-state index contributed by atoms with van der Waals surface area (Å²) in [4.78, 5) is 0. The fourth-order valence-electron chi connectivity index (χ4n) is 0.897. The van der Waals surface area contributed by atoms with Gasteiger partial charge in [-0.2, -0.15) is 0 Å². The molecule has 3 heteroatoms. The molecule has 0 N–H and O–H groups in total. The van der Waals surface area contributed by atoms with Gasteiger partial charge < -0.3 is 4.74 Å². The number of halogens is 2. The summed E-state index contributed by atoms with van der Waals surface area (Å²) >= 11 is 3.22. The molecule has 1 aromatic rings. The fraction of sp³-hybridized carbons (Fsp3) is 0.333. The van der Waals surface area contributed by atoms with E-state index in [0.717, 1.165) is 0 Å². The maximum absolute atomic E-state index is 12.9. The first-order valence-electron chi connectivity index (χ1n) is 3.73. The highest BCUT2D eigenvalue weighted by Crippen LogP contribution is 2.27. The van der Waals surface area contributed by atoms with Crippen molar-refractivity contribution in [3.63, 3.8) is 0 Å². The number of benzene rings is 1. The van der Waals surface area contributed by atoms with Gasteiger partial charge >= 0.3 is 0 Å². The van der Waals surface area contributed by atoms with Crippen molar-refractivity contribution in [1.29, 1.82) is 0 Å². The summed E-state index contributed by atoms with van der Waals surface area (Å²) in [7, 11) is 0. The molecule has 0 aliphatic heterocycles. The summed E-state index contributed by atoms with van der Waals surface area (Å²) in [6.45, 7) is 4.19. The minimum absolute atomic E-state index is 0.217. The van der Waals surface area contributed by atoms with E-state index in [4.69, 9.17) is 4.74 Å². The Bertz CT molecular complexity index is 286. The Kier molecular flexibility index (Phi) is 3.09. The van der Waals surface area contributed by atoms with Crippen LogP contribution in [0, 0.1) is 12.7 Å². The molecule has 0 spiro atoms. The molecule has 0 radical (unpaired) electrons. The largest absolute Gasteiger partial charge is 0.493 e. The van der Waals surface area contributed by atoms with Crippen LogP contribution in [0.3, 0.4) is 0 Å². The van der Waals surface area contributed by atoms with Crippen LogP contribution in [0.25, 0.3) is 0 Å². The number of hydrogen-bond donors (Lipinski definition) is 0. The van der Waals surface area contributed by atoms with E-state index in [1.807, 2.05) is 6.92 Å². The Morgan fingerprint density at radius 1 is 1.50 bits per heavy atom. The molecular weight excluding hydrogens is 223 g/mol. The lowest BCUT2D eigenvalue weighted by Gasteiger charge is -2.06. The Hall–Kier alpha value is -0.570. The van der Waals surface area contributed by atoms with Crippen LogP contribution in [0.15, 0.2) is 16.6 Å². The Morgan fingerprint density at radius 3 is 2.75 bits per heavy atom. The molecule has 1 rings (SSSR count). The first-order chi connectivity index (χ1) is 5.65. The van der Waals surface area contributed by atoms with E-state index in [2.05, 4.69) is 15.9 Å². The van der Waals surface area contributed by atoms with Gasteiger partial charge in [-0.05, 0) is 47.5 Å². The van der Waals surface area contributed by atoms with E-state index in [1.165, 1.54) is 6.07 Å². The van der Waals surface area contributed by atoms with Crippen molar-refractivity contribution in [2.45, 2.75) is 13.8 Å². The molecule has 0 unspecified atom stereocenters. The highest BCUT2D eigenvalue weighted by atomic mass is 79.9. The van der Waals surface area contributed by atoms with Crippen molar-refractivity contribution >= 4 is 15.9 Å². The molecule has 0 amide bonds. The lowest BCUT2D eigenvalue weighted by Crippen LogP contribution is -1.94. The second kappa shape index (κ2) is 3.90. The second-order valence-corrected chi connectivity index (χ2v) is 3.32. The Balaban J connectivity index is 3.05. The van der Waals surface area contributed by atoms with Crippen LogP contribution in [0.1, 0.15) is 12.5 Å². The van der Waals surface area contributed by atoms with E-state index in [1.54, 1.807) is 13.0 Å². The molecule has 0 saturated heterocycles. The predicted molar refractivity (Wildman–Crippen MR) is 50.0 cm³/mol. The zero-order valence-corrected chi connectivity index (χ0v) is 8.61. The zero-order valence-electron chi connectivity index (χ0n) is 7.03. The smallest absolute Gasteiger partial charge is 0.133 e. The molecule has 0 saturated carbocycles. The normalized spacial score (nSPS) is 10.0. The fourth-order valence-corrected chi connectivity index (χ4v) is 1.33. The van der Waals surface area contributed by atoms with Crippen molar-refractivity contribution in [1.82, 2.24) is 0 Å². The van der Waals surface area contributed by atoms with Crippen molar-refractivity contribution in [2.75, 3.05) is 6.61 Å². The van der Waals surface area contributed by atoms with E-state index in [-0.39, 0.29) is 5.82 Å². The van der Waals surface area contributed by atoms with Gasteiger partial charge in [0.1, 0.15) is 11.6 Å². The first kappa shape index (κ1) is 9.52. The molecule has 0 atom stereocenters. The lowest BCUT2D eigenvalue weighted by atomic mass is 10.2. The van der Waals surface area contributed by atoms with Crippen LogP contribution in [0.2, 0.25) is 0 Å². The Labute approximate surface area is 79.7 Å². The summed E-state index contributed by atoms with van der Waals surface area (Å²) < 4.78 is 18.8. The number of aryl methyl sites for hydroxylation is 1. The molecule has 0 fully saturated rings. The number of ether oxygens (including phenoxy) is 1. The average Bonchev–Trinajstić information content (AvgIpc) is 2.01. The standard InChI is InChI=1S/C9H10BrFO/c1-3-12-9-4-6(2)8(11)5-7(9)10/h4-5H,3H2,1-2H3. The summed E-state index contributed by atoms with van der Waals surface area (Å²) in [5.74, 6) is 0.474. The number of rotatable bonds is 2. The van der Waals surface area contributed by atoms with Gasteiger partial charge in [-0.3, -0.25) is 0 Å². The van der Waals surface area contributed by atoms with Crippen LogP contribution in [0.4, 0.5) is 4.39 Å². The maximum Gasteiger partial charge on any atom is 0.133 e.